The number of hydrogen-bond acceptors (Lipinski definition) is 5. The Morgan fingerprint density at radius 3 is 2.67 bits per heavy atom. The van der Waals surface area contributed by atoms with Gasteiger partial charge in [-0.2, -0.15) is 0 Å². The Hall–Kier alpha value is -1.28. The highest BCUT2D eigenvalue weighted by molar-refractivity contribution is 7.89. The van der Waals surface area contributed by atoms with Crippen molar-refractivity contribution < 1.29 is 13.5 Å². The largest absolute Gasteiger partial charge is 0.392 e. The lowest BCUT2D eigenvalue weighted by atomic mass is 10.1. The summed E-state index contributed by atoms with van der Waals surface area (Å²) in [5.41, 5.74) is 1.17. The van der Waals surface area contributed by atoms with E-state index >= 15 is 0 Å². The third-order valence-electron chi connectivity index (χ3n) is 3.20. The lowest BCUT2D eigenvalue weighted by Gasteiger charge is -2.15. The third kappa shape index (κ3) is 3.49. The molecule has 114 valence electrons. The number of aliphatic hydroxyl groups excluding tert-OH is 1. The van der Waals surface area contributed by atoms with Gasteiger partial charge in [-0.1, -0.05) is 12.1 Å². The summed E-state index contributed by atoms with van der Waals surface area (Å²) in [4.78, 5) is 5.43. The van der Waals surface area contributed by atoms with Crippen molar-refractivity contribution >= 4 is 21.4 Å². The van der Waals surface area contributed by atoms with Crippen LogP contribution in [0.25, 0.3) is 0 Å². The molecule has 1 aromatic carbocycles. The molecule has 2 N–H and O–H groups in total. The van der Waals surface area contributed by atoms with Crippen molar-refractivity contribution in [3.8, 4) is 0 Å². The van der Waals surface area contributed by atoms with Crippen LogP contribution in [0.5, 0.6) is 0 Å². The highest BCUT2D eigenvalue weighted by atomic mass is 32.2. The molecule has 1 atom stereocenters. The minimum Gasteiger partial charge on any atom is -0.392 e. The zero-order valence-corrected chi connectivity index (χ0v) is 13.8. The fourth-order valence-electron chi connectivity index (χ4n) is 2.04. The number of thiazole rings is 1. The van der Waals surface area contributed by atoms with Crippen molar-refractivity contribution in [2.24, 2.45) is 0 Å². The molecule has 0 aliphatic rings. The van der Waals surface area contributed by atoms with E-state index in [-0.39, 0.29) is 11.5 Å². The average Bonchev–Trinajstić information content (AvgIpc) is 2.85. The van der Waals surface area contributed by atoms with Crippen LogP contribution in [0.3, 0.4) is 0 Å². The van der Waals surface area contributed by atoms with Gasteiger partial charge in [0.2, 0.25) is 10.0 Å². The van der Waals surface area contributed by atoms with Crippen LogP contribution in [0.2, 0.25) is 0 Å². The second kappa shape index (κ2) is 6.23. The predicted octanol–water partition coefficient (Wildman–Crippen LogP) is 2.29. The number of hydrogen-bond donors (Lipinski definition) is 2. The average molecular weight is 326 g/mol. The molecule has 0 bridgehead atoms. The van der Waals surface area contributed by atoms with E-state index in [4.69, 9.17) is 0 Å². The molecule has 1 aromatic heterocycles. The number of nitrogens with zero attached hydrogens (tertiary/aromatic N) is 1. The van der Waals surface area contributed by atoms with Gasteiger partial charge in [0, 0.05) is 11.1 Å². The zero-order valence-electron chi connectivity index (χ0n) is 12.1. The van der Waals surface area contributed by atoms with E-state index in [1.165, 1.54) is 17.4 Å². The van der Waals surface area contributed by atoms with Crippen LogP contribution in [0, 0.1) is 13.8 Å². The van der Waals surface area contributed by atoms with Crippen LogP contribution in [-0.4, -0.2) is 18.5 Å². The van der Waals surface area contributed by atoms with Crippen molar-refractivity contribution in [2.45, 2.75) is 38.3 Å². The monoisotopic (exact) mass is 326 g/mol. The van der Waals surface area contributed by atoms with Crippen molar-refractivity contribution in [3.05, 3.63) is 45.4 Å². The van der Waals surface area contributed by atoms with E-state index in [2.05, 4.69) is 9.71 Å². The normalized spacial score (nSPS) is 13.3. The topological polar surface area (TPSA) is 79.3 Å². The fourth-order valence-corrected chi connectivity index (χ4v) is 4.39. The minimum absolute atomic E-state index is 0.184. The third-order valence-corrected chi connectivity index (χ3v) is 5.98. The van der Waals surface area contributed by atoms with Gasteiger partial charge >= 0.3 is 0 Å². The van der Waals surface area contributed by atoms with Crippen molar-refractivity contribution in [1.82, 2.24) is 9.71 Å². The molecule has 0 fully saturated rings. The van der Waals surface area contributed by atoms with Crippen LogP contribution in [0.1, 0.15) is 34.0 Å². The first kappa shape index (κ1) is 16.1. The number of rotatable bonds is 5. The molecule has 21 heavy (non-hydrogen) atoms. The standard InChI is InChI=1S/C14H18N2O3S2/c1-9-7-15-14(20-9)11(3)16-21(18,19)13-6-4-5-12(8-17)10(13)2/h4-7,11,16-17H,8H2,1-3H3. The molecule has 0 saturated heterocycles. The van der Waals surface area contributed by atoms with Gasteiger partial charge < -0.3 is 5.11 Å². The Balaban J connectivity index is 2.30. The van der Waals surface area contributed by atoms with E-state index in [1.807, 2.05) is 6.92 Å². The predicted molar refractivity (Wildman–Crippen MR) is 82.7 cm³/mol. The maximum Gasteiger partial charge on any atom is 0.241 e. The van der Waals surface area contributed by atoms with Gasteiger partial charge in [0.1, 0.15) is 5.01 Å². The fraction of sp³-hybridized carbons (Fsp3) is 0.357. The van der Waals surface area contributed by atoms with Crippen molar-refractivity contribution in [3.63, 3.8) is 0 Å². The summed E-state index contributed by atoms with van der Waals surface area (Å²) in [6.45, 7) is 5.20. The zero-order chi connectivity index (χ0) is 15.6. The Morgan fingerprint density at radius 2 is 2.10 bits per heavy atom. The molecule has 0 aliphatic carbocycles. The summed E-state index contributed by atoms with van der Waals surface area (Å²) in [6, 6.07) is 4.48. The maximum atomic E-state index is 12.5. The first-order chi connectivity index (χ1) is 9.85. The molecule has 0 saturated carbocycles. The molecular weight excluding hydrogens is 308 g/mol. The Kier molecular flexibility index (Phi) is 4.77. The summed E-state index contributed by atoms with van der Waals surface area (Å²) in [7, 11) is -3.66. The number of nitrogens with one attached hydrogen (secondary N) is 1. The molecule has 5 nitrogen and oxygen atoms in total. The van der Waals surface area contributed by atoms with E-state index in [9.17, 15) is 13.5 Å². The number of sulfonamides is 1. The Bertz CT molecular complexity index is 738. The van der Waals surface area contributed by atoms with Crippen molar-refractivity contribution in [2.75, 3.05) is 0 Å². The van der Waals surface area contributed by atoms with Gasteiger partial charge in [-0.05, 0) is 38.0 Å². The molecule has 1 unspecified atom stereocenters. The molecule has 0 spiro atoms. The molecule has 2 rings (SSSR count). The molecule has 1 heterocycles. The smallest absolute Gasteiger partial charge is 0.241 e. The minimum atomic E-state index is -3.66. The number of aryl methyl sites for hydroxylation is 1. The molecule has 0 amide bonds. The summed E-state index contributed by atoms with van der Waals surface area (Å²) in [5, 5.41) is 9.98. The van der Waals surface area contributed by atoms with Crippen LogP contribution >= 0.6 is 11.3 Å². The Labute approximate surface area is 128 Å². The van der Waals surface area contributed by atoms with E-state index in [1.54, 1.807) is 32.2 Å². The molecule has 7 heteroatoms. The maximum absolute atomic E-state index is 12.5. The highest BCUT2D eigenvalue weighted by Gasteiger charge is 2.22. The second-order valence-corrected chi connectivity index (χ2v) is 7.80. The highest BCUT2D eigenvalue weighted by Crippen LogP contribution is 2.24. The van der Waals surface area contributed by atoms with Gasteiger partial charge in [-0.3, -0.25) is 0 Å². The molecular formula is C14H18N2O3S2. The van der Waals surface area contributed by atoms with Gasteiger partial charge in [0.15, 0.2) is 0 Å². The first-order valence-electron chi connectivity index (χ1n) is 6.49. The van der Waals surface area contributed by atoms with Crippen LogP contribution in [0.4, 0.5) is 0 Å². The SMILES string of the molecule is Cc1cnc(C(C)NS(=O)(=O)c2cccc(CO)c2C)s1. The van der Waals surface area contributed by atoms with Crippen LogP contribution < -0.4 is 4.72 Å². The summed E-state index contributed by atoms with van der Waals surface area (Å²) >= 11 is 1.47. The lowest BCUT2D eigenvalue weighted by Crippen LogP contribution is -2.27. The lowest BCUT2D eigenvalue weighted by molar-refractivity contribution is 0.280. The number of aliphatic hydroxyl groups is 1. The first-order valence-corrected chi connectivity index (χ1v) is 8.79. The Morgan fingerprint density at radius 1 is 1.38 bits per heavy atom. The number of aromatic nitrogens is 1. The number of benzene rings is 1. The molecule has 0 aliphatic heterocycles. The van der Waals surface area contributed by atoms with Gasteiger partial charge in [0.05, 0.1) is 17.5 Å². The summed E-state index contributed by atoms with van der Waals surface area (Å²) in [5.74, 6) is 0. The van der Waals surface area contributed by atoms with Crippen LogP contribution in [0.15, 0.2) is 29.3 Å². The molecule has 0 radical (unpaired) electrons. The van der Waals surface area contributed by atoms with Gasteiger partial charge in [-0.25, -0.2) is 18.1 Å². The van der Waals surface area contributed by atoms with E-state index in [0.29, 0.717) is 11.1 Å². The van der Waals surface area contributed by atoms with Gasteiger partial charge in [-0.15, -0.1) is 11.3 Å². The quantitative estimate of drug-likeness (QED) is 0.883. The van der Waals surface area contributed by atoms with Crippen molar-refractivity contribution in [1.29, 1.82) is 0 Å². The summed E-state index contributed by atoms with van der Waals surface area (Å²) < 4.78 is 27.6. The van der Waals surface area contributed by atoms with E-state index in [0.717, 1.165) is 9.88 Å². The van der Waals surface area contributed by atoms with Gasteiger partial charge in [0.25, 0.3) is 0 Å². The summed E-state index contributed by atoms with van der Waals surface area (Å²) in [6.07, 6.45) is 1.72. The second-order valence-electron chi connectivity index (χ2n) is 4.85. The van der Waals surface area contributed by atoms with Crippen LogP contribution in [-0.2, 0) is 16.6 Å². The van der Waals surface area contributed by atoms with E-state index < -0.39 is 16.1 Å². The molecule has 2 aromatic rings.